The molecule has 0 saturated carbocycles. The second-order valence-corrected chi connectivity index (χ2v) is 9.70. The van der Waals surface area contributed by atoms with Gasteiger partial charge >= 0.3 is 0 Å². The third-order valence-corrected chi connectivity index (χ3v) is 6.85. The van der Waals surface area contributed by atoms with Crippen LogP contribution in [0.5, 0.6) is 11.5 Å². The van der Waals surface area contributed by atoms with Gasteiger partial charge in [-0.1, -0.05) is 18.2 Å². The Kier molecular flexibility index (Phi) is 8.17. The number of likely N-dealkylation sites (tertiary alicyclic amines) is 1. The van der Waals surface area contributed by atoms with Gasteiger partial charge in [0.05, 0.1) is 19.5 Å². The number of hydrogen-bond donors (Lipinski definition) is 2. The molecule has 0 unspecified atom stereocenters. The van der Waals surface area contributed by atoms with Crippen molar-refractivity contribution in [1.82, 2.24) is 9.62 Å². The molecule has 1 fully saturated rings. The molecule has 1 heterocycles. The highest BCUT2D eigenvalue weighted by Gasteiger charge is 2.20. The molecule has 7 nitrogen and oxygen atoms in total. The fourth-order valence-electron chi connectivity index (χ4n) is 3.81. The molecule has 170 valence electrons. The van der Waals surface area contributed by atoms with Crippen LogP contribution in [0.4, 0.5) is 5.69 Å². The first kappa shape index (κ1) is 23.4. The number of nitrogens with one attached hydrogen (secondary N) is 2. The van der Waals surface area contributed by atoms with Gasteiger partial charge in [-0.2, -0.15) is 0 Å². The van der Waals surface area contributed by atoms with Crippen LogP contribution in [0, 0.1) is 0 Å². The highest BCUT2D eigenvalue weighted by Crippen LogP contribution is 2.29. The Balaban J connectivity index is 1.49. The van der Waals surface area contributed by atoms with Gasteiger partial charge in [-0.15, -0.1) is 0 Å². The number of rotatable bonds is 10. The van der Waals surface area contributed by atoms with E-state index in [1.165, 1.54) is 12.6 Å². The molecule has 0 amide bonds. The molecule has 0 spiro atoms. The molecule has 0 aliphatic carbocycles. The van der Waals surface area contributed by atoms with E-state index in [0.717, 1.165) is 55.2 Å². The van der Waals surface area contributed by atoms with Crippen LogP contribution >= 0.6 is 0 Å². The smallest absolute Gasteiger partial charge is 0.215 e. The molecule has 0 bridgehead atoms. The Hall–Kier alpha value is -2.29. The van der Waals surface area contributed by atoms with Crippen molar-refractivity contribution in [3.05, 3.63) is 53.6 Å². The van der Waals surface area contributed by atoms with Crippen molar-refractivity contribution in [3.63, 3.8) is 0 Å². The summed E-state index contributed by atoms with van der Waals surface area (Å²) in [6.45, 7) is 5.52. The van der Waals surface area contributed by atoms with E-state index in [4.69, 9.17) is 9.47 Å². The predicted molar refractivity (Wildman–Crippen MR) is 124 cm³/mol. The minimum absolute atomic E-state index is 0.00145. The summed E-state index contributed by atoms with van der Waals surface area (Å²) in [5.41, 5.74) is 3.03. The molecule has 1 aliphatic heterocycles. The SMILES string of the molecule is CCOc1cc(CN2CCC(Nc3ccc(CS(=O)(=O)NC)cc3)CC2)ccc1OC. The van der Waals surface area contributed by atoms with Crippen molar-refractivity contribution >= 4 is 15.7 Å². The van der Waals surface area contributed by atoms with E-state index in [0.29, 0.717) is 12.6 Å². The van der Waals surface area contributed by atoms with Crippen LogP contribution in [0.1, 0.15) is 30.9 Å². The number of nitrogens with zero attached hydrogens (tertiary/aromatic N) is 1. The van der Waals surface area contributed by atoms with Crippen LogP contribution < -0.4 is 19.5 Å². The first-order chi connectivity index (χ1) is 14.9. The lowest BCUT2D eigenvalue weighted by atomic mass is 10.0. The zero-order chi connectivity index (χ0) is 22.3. The Bertz CT molecular complexity index is 940. The van der Waals surface area contributed by atoms with Crippen molar-refractivity contribution < 1.29 is 17.9 Å². The maximum atomic E-state index is 11.7. The van der Waals surface area contributed by atoms with Gasteiger partial charge in [-0.05, 0) is 62.2 Å². The van der Waals surface area contributed by atoms with E-state index in [1.54, 1.807) is 7.11 Å². The number of methoxy groups -OCH3 is 1. The summed E-state index contributed by atoms with van der Waals surface area (Å²) in [5, 5.41) is 3.58. The van der Waals surface area contributed by atoms with Crippen LogP contribution in [-0.4, -0.2) is 53.2 Å². The Morgan fingerprint density at radius 1 is 1.03 bits per heavy atom. The van der Waals surface area contributed by atoms with Gasteiger partial charge in [0.1, 0.15) is 0 Å². The minimum Gasteiger partial charge on any atom is -0.493 e. The molecular formula is C23H33N3O4S. The molecule has 0 radical (unpaired) electrons. The normalized spacial score (nSPS) is 15.6. The lowest BCUT2D eigenvalue weighted by Crippen LogP contribution is -2.38. The van der Waals surface area contributed by atoms with Crippen LogP contribution in [-0.2, 0) is 22.3 Å². The number of piperidine rings is 1. The van der Waals surface area contributed by atoms with Gasteiger partial charge in [-0.3, -0.25) is 4.90 Å². The highest BCUT2D eigenvalue weighted by atomic mass is 32.2. The molecule has 1 aliphatic rings. The molecule has 2 aromatic carbocycles. The standard InChI is InChI=1S/C23H33N3O4S/c1-4-30-23-15-19(7-10-22(23)29-3)16-26-13-11-21(12-14-26)25-20-8-5-18(6-9-20)17-31(27,28)24-2/h5-10,15,21,24-25H,4,11-14,16-17H2,1-3H3. The molecular weight excluding hydrogens is 414 g/mol. The molecule has 3 rings (SSSR count). The van der Waals surface area contributed by atoms with Crippen LogP contribution in [0.15, 0.2) is 42.5 Å². The monoisotopic (exact) mass is 447 g/mol. The largest absolute Gasteiger partial charge is 0.493 e. The number of anilines is 1. The van der Waals surface area contributed by atoms with Crippen molar-refractivity contribution in [2.75, 3.05) is 39.2 Å². The summed E-state index contributed by atoms with van der Waals surface area (Å²) in [6, 6.07) is 14.2. The number of benzene rings is 2. The molecule has 1 saturated heterocycles. The molecule has 2 N–H and O–H groups in total. The maximum Gasteiger partial charge on any atom is 0.215 e. The summed E-state index contributed by atoms with van der Waals surface area (Å²) in [6.07, 6.45) is 2.12. The molecule has 0 aromatic heterocycles. The van der Waals surface area contributed by atoms with E-state index in [1.807, 2.05) is 37.3 Å². The molecule has 8 heteroatoms. The van der Waals surface area contributed by atoms with Crippen molar-refractivity contribution in [3.8, 4) is 11.5 Å². The van der Waals surface area contributed by atoms with Crippen LogP contribution in [0.3, 0.4) is 0 Å². The van der Waals surface area contributed by atoms with Gasteiger partial charge in [0.25, 0.3) is 0 Å². The topological polar surface area (TPSA) is 79.9 Å². The third kappa shape index (κ3) is 6.85. The van der Waals surface area contributed by atoms with Crippen molar-refractivity contribution in [2.24, 2.45) is 0 Å². The van der Waals surface area contributed by atoms with Gasteiger partial charge in [0, 0.05) is 31.4 Å². The van der Waals surface area contributed by atoms with E-state index < -0.39 is 10.0 Å². The summed E-state index contributed by atoms with van der Waals surface area (Å²) >= 11 is 0. The second-order valence-electron chi connectivity index (χ2n) is 7.77. The van der Waals surface area contributed by atoms with E-state index >= 15 is 0 Å². The van der Waals surface area contributed by atoms with E-state index in [-0.39, 0.29) is 5.75 Å². The summed E-state index contributed by atoms with van der Waals surface area (Å²) < 4.78 is 36.7. The van der Waals surface area contributed by atoms with Crippen LogP contribution in [0.25, 0.3) is 0 Å². The Morgan fingerprint density at radius 3 is 2.32 bits per heavy atom. The van der Waals surface area contributed by atoms with E-state index in [9.17, 15) is 8.42 Å². The third-order valence-electron chi connectivity index (χ3n) is 5.51. The lowest BCUT2D eigenvalue weighted by molar-refractivity contribution is 0.211. The van der Waals surface area contributed by atoms with Gasteiger partial charge in [-0.25, -0.2) is 13.1 Å². The zero-order valence-corrected chi connectivity index (χ0v) is 19.4. The maximum absolute atomic E-state index is 11.7. The summed E-state index contributed by atoms with van der Waals surface area (Å²) in [5.74, 6) is 1.56. The first-order valence-corrected chi connectivity index (χ1v) is 12.4. The van der Waals surface area contributed by atoms with E-state index in [2.05, 4.69) is 27.1 Å². The summed E-state index contributed by atoms with van der Waals surface area (Å²) in [7, 11) is -0.151. The molecule has 2 aromatic rings. The minimum atomic E-state index is -3.25. The zero-order valence-electron chi connectivity index (χ0n) is 18.6. The number of sulfonamides is 1. The fraction of sp³-hybridized carbons (Fsp3) is 0.478. The first-order valence-electron chi connectivity index (χ1n) is 10.7. The van der Waals surface area contributed by atoms with Crippen LogP contribution in [0.2, 0.25) is 0 Å². The average molecular weight is 448 g/mol. The fourth-order valence-corrected chi connectivity index (χ4v) is 4.58. The number of hydrogen-bond acceptors (Lipinski definition) is 6. The molecule has 0 atom stereocenters. The predicted octanol–water partition coefficient (Wildman–Crippen LogP) is 3.22. The van der Waals surface area contributed by atoms with Crippen molar-refractivity contribution in [2.45, 2.75) is 38.1 Å². The lowest BCUT2D eigenvalue weighted by Gasteiger charge is -2.33. The van der Waals surface area contributed by atoms with Crippen molar-refractivity contribution in [1.29, 1.82) is 0 Å². The average Bonchev–Trinajstić information content (AvgIpc) is 2.77. The second kappa shape index (κ2) is 10.8. The Labute approximate surface area is 185 Å². The Morgan fingerprint density at radius 2 is 1.71 bits per heavy atom. The summed E-state index contributed by atoms with van der Waals surface area (Å²) in [4.78, 5) is 2.46. The quantitative estimate of drug-likeness (QED) is 0.582. The molecule has 31 heavy (non-hydrogen) atoms. The van der Waals surface area contributed by atoms with Gasteiger partial charge < -0.3 is 14.8 Å². The number of ether oxygens (including phenoxy) is 2. The van der Waals surface area contributed by atoms with Gasteiger partial charge in [0.15, 0.2) is 11.5 Å². The highest BCUT2D eigenvalue weighted by molar-refractivity contribution is 7.88. The van der Waals surface area contributed by atoms with Gasteiger partial charge in [0.2, 0.25) is 10.0 Å².